The molecule has 0 aliphatic heterocycles. The van der Waals surface area contributed by atoms with E-state index >= 15 is 0 Å². The molecule has 0 unspecified atom stereocenters. The molecule has 4 aromatic rings. The highest BCUT2D eigenvalue weighted by molar-refractivity contribution is 5.99. The highest BCUT2D eigenvalue weighted by Gasteiger charge is 2.19. The fraction of sp³-hybridized carbons (Fsp3) is 0. The quantitative estimate of drug-likeness (QED) is 0.458. The van der Waals surface area contributed by atoms with Crippen LogP contribution in [-0.4, -0.2) is 10.6 Å². The summed E-state index contributed by atoms with van der Waals surface area (Å²) in [5.41, 5.74) is 7.08. The van der Waals surface area contributed by atoms with Crippen LogP contribution >= 0.6 is 0 Å². The average molecular weight is 366 g/mol. The second-order valence-corrected chi connectivity index (χ2v) is 6.41. The van der Waals surface area contributed by atoms with Crippen LogP contribution in [0.15, 0.2) is 104 Å². The fourth-order valence-electron chi connectivity index (χ4n) is 3.55. The van der Waals surface area contributed by atoms with Gasteiger partial charge in [0.25, 0.3) is 0 Å². The third-order valence-corrected chi connectivity index (χ3v) is 4.76. The predicted octanol–water partition coefficient (Wildman–Crippen LogP) is 6.21. The number of rotatable bonds is 4. The number of aromatic hydroxyl groups is 1. The summed E-state index contributed by atoms with van der Waals surface area (Å²) in [5.74, 6) is 0.238. The zero-order chi connectivity index (χ0) is 18.6. The summed E-state index contributed by atoms with van der Waals surface area (Å²) in [6, 6.07) is 32.5. The van der Waals surface area contributed by atoms with Crippen LogP contribution in [0.4, 0.5) is 0 Å². The minimum Gasteiger partial charge on any atom is -0.507 e. The Balaban J connectivity index is 0.00000225. The summed E-state index contributed by atoms with van der Waals surface area (Å²) < 4.78 is 0. The summed E-state index contributed by atoms with van der Waals surface area (Å²) in [4.78, 5) is 0. The van der Waals surface area contributed by atoms with Crippen LogP contribution in [-0.2, 0) is 0 Å². The van der Waals surface area contributed by atoms with E-state index in [1.54, 1.807) is 6.08 Å². The summed E-state index contributed by atoms with van der Waals surface area (Å²) in [6.45, 7) is 3.96. The van der Waals surface area contributed by atoms with Gasteiger partial charge in [-0.15, -0.1) is 0 Å². The molecular weight excluding hydrogens is 344 g/mol. The summed E-state index contributed by atoms with van der Waals surface area (Å²) in [6.07, 6.45) is 1.74. The lowest BCUT2D eigenvalue weighted by Crippen LogP contribution is -1.94. The van der Waals surface area contributed by atoms with Crippen molar-refractivity contribution in [1.29, 1.82) is 0 Å². The van der Waals surface area contributed by atoms with Crippen molar-refractivity contribution in [1.82, 2.24) is 0 Å². The van der Waals surface area contributed by atoms with Gasteiger partial charge in [-0.2, -0.15) is 0 Å². The van der Waals surface area contributed by atoms with E-state index < -0.39 is 0 Å². The number of phenolic OH excluding ortho intramolecular Hbond substituents is 1. The third-order valence-electron chi connectivity index (χ3n) is 4.76. The molecule has 4 rings (SSSR count). The normalized spacial score (nSPS) is 10.1. The van der Waals surface area contributed by atoms with Gasteiger partial charge in [-0.05, 0) is 33.9 Å². The van der Waals surface area contributed by atoms with Crippen molar-refractivity contribution >= 4 is 6.08 Å². The molecular formula is C26H22O2. The van der Waals surface area contributed by atoms with Crippen LogP contribution in [0.25, 0.3) is 39.5 Å². The van der Waals surface area contributed by atoms with Crippen molar-refractivity contribution in [3.8, 4) is 39.1 Å². The Morgan fingerprint density at radius 3 is 1.50 bits per heavy atom. The first-order chi connectivity index (χ1) is 13.3. The van der Waals surface area contributed by atoms with Crippen molar-refractivity contribution in [2.24, 2.45) is 0 Å². The van der Waals surface area contributed by atoms with E-state index in [0.29, 0.717) is 0 Å². The molecule has 138 valence electrons. The number of hydrogen-bond acceptors (Lipinski definition) is 1. The van der Waals surface area contributed by atoms with E-state index in [4.69, 9.17) is 0 Å². The Hall–Kier alpha value is -3.62. The summed E-state index contributed by atoms with van der Waals surface area (Å²) >= 11 is 0. The minimum atomic E-state index is 0. The molecule has 3 N–H and O–H groups in total. The van der Waals surface area contributed by atoms with E-state index in [1.807, 2.05) is 60.7 Å². The third kappa shape index (κ3) is 3.46. The van der Waals surface area contributed by atoms with Gasteiger partial charge in [0.15, 0.2) is 0 Å². The molecule has 0 amide bonds. The second kappa shape index (κ2) is 8.38. The maximum Gasteiger partial charge on any atom is 0.124 e. The lowest BCUT2D eigenvalue weighted by atomic mass is 9.84. The van der Waals surface area contributed by atoms with Gasteiger partial charge in [0.2, 0.25) is 0 Å². The molecule has 0 saturated heterocycles. The maximum absolute atomic E-state index is 10.8. The van der Waals surface area contributed by atoms with Gasteiger partial charge in [0.05, 0.1) is 0 Å². The van der Waals surface area contributed by atoms with Crippen LogP contribution in [0.1, 0.15) is 5.56 Å². The molecule has 2 nitrogen and oxygen atoms in total. The topological polar surface area (TPSA) is 51.7 Å². The Morgan fingerprint density at radius 1 is 0.607 bits per heavy atom. The van der Waals surface area contributed by atoms with Crippen molar-refractivity contribution in [3.63, 3.8) is 0 Å². The van der Waals surface area contributed by atoms with Gasteiger partial charge in [-0.25, -0.2) is 0 Å². The van der Waals surface area contributed by atoms with Crippen LogP contribution in [0.3, 0.4) is 0 Å². The fourth-order valence-corrected chi connectivity index (χ4v) is 3.55. The van der Waals surface area contributed by atoms with Gasteiger partial charge in [-0.1, -0.05) is 104 Å². The number of phenols is 1. The number of benzene rings is 4. The smallest absolute Gasteiger partial charge is 0.124 e. The zero-order valence-electron chi connectivity index (χ0n) is 15.5. The lowest BCUT2D eigenvalue weighted by molar-refractivity contribution is 0.474. The standard InChI is InChI=1S/C26H20O.H2O/c1-2-22-24(27)18-23(19-12-6-3-7-13-19)26(21-16-10-5-11-17-21)25(22)20-14-8-4-9-15-20;/h2-18,27H,1H2;1H2. The van der Waals surface area contributed by atoms with Gasteiger partial charge >= 0.3 is 0 Å². The molecule has 0 aromatic heterocycles. The summed E-state index contributed by atoms with van der Waals surface area (Å²) in [5, 5.41) is 10.8. The highest BCUT2D eigenvalue weighted by Crippen LogP contribution is 2.45. The largest absolute Gasteiger partial charge is 0.507 e. The molecule has 0 heterocycles. The minimum absolute atomic E-state index is 0. The molecule has 0 spiro atoms. The van der Waals surface area contributed by atoms with Crippen molar-refractivity contribution < 1.29 is 10.6 Å². The zero-order valence-corrected chi connectivity index (χ0v) is 15.5. The molecule has 2 heteroatoms. The van der Waals surface area contributed by atoms with Crippen LogP contribution in [0.5, 0.6) is 5.75 Å². The van der Waals surface area contributed by atoms with E-state index in [1.165, 1.54) is 0 Å². The molecule has 28 heavy (non-hydrogen) atoms. The van der Waals surface area contributed by atoms with E-state index in [9.17, 15) is 5.11 Å². The summed E-state index contributed by atoms with van der Waals surface area (Å²) in [7, 11) is 0. The Kier molecular flexibility index (Phi) is 5.73. The molecule has 0 bridgehead atoms. The lowest BCUT2D eigenvalue weighted by Gasteiger charge is -2.20. The maximum atomic E-state index is 10.8. The number of hydrogen-bond donors (Lipinski definition) is 1. The SMILES string of the molecule is C=Cc1c(O)cc(-c2ccccc2)c(-c2ccccc2)c1-c1ccccc1.O. The highest BCUT2D eigenvalue weighted by atomic mass is 16.3. The Morgan fingerprint density at radius 2 is 1.04 bits per heavy atom. The van der Waals surface area contributed by atoms with Crippen molar-refractivity contribution in [2.45, 2.75) is 0 Å². The van der Waals surface area contributed by atoms with Crippen LogP contribution in [0, 0.1) is 0 Å². The van der Waals surface area contributed by atoms with Gasteiger partial charge < -0.3 is 10.6 Å². The van der Waals surface area contributed by atoms with Gasteiger partial charge in [-0.3, -0.25) is 0 Å². The molecule has 0 aliphatic rings. The molecule has 0 fully saturated rings. The molecule has 0 atom stereocenters. The van der Waals surface area contributed by atoms with Gasteiger partial charge in [0.1, 0.15) is 5.75 Å². The first kappa shape index (κ1) is 19.2. The van der Waals surface area contributed by atoms with Gasteiger partial charge in [0, 0.05) is 11.1 Å². The van der Waals surface area contributed by atoms with E-state index in [-0.39, 0.29) is 11.2 Å². The van der Waals surface area contributed by atoms with E-state index in [0.717, 1.165) is 38.9 Å². The first-order valence-electron chi connectivity index (χ1n) is 8.98. The first-order valence-corrected chi connectivity index (χ1v) is 8.98. The van der Waals surface area contributed by atoms with E-state index in [2.05, 4.69) is 43.0 Å². The molecule has 0 saturated carbocycles. The van der Waals surface area contributed by atoms with Crippen molar-refractivity contribution in [3.05, 3.63) is 109 Å². The second-order valence-electron chi connectivity index (χ2n) is 6.41. The molecule has 4 aromatic carbocycles. The molecule has 0 aliphatic carbocycles. The van der Waals surface area contributed by atoms with Crippen LogP contribution < -0.4 is 0 Å². The Labute approximate surface area is 165 Å². The van der Waals surface area contributed by atoms with Crippen LogP contribution in [0.2, 0.25) is 0 Å². The average Bonchev–Trinajstić information content (AvgIpc) is 2.75. The Bertz CT molecular complexity index is 1070. The predicted molar refractivity (Wildman–Crippen MR) is 118 cm³/mol. The van der Waals surface area contributed by atoms with Crippen molar-refractivity contribution in [2.75, 3.05) is 0 Å². The molecule has 0 radical (unpaired) electrons. The monoisotopic (exact) mass is 366 g/mol.